The van der Waals surface area contributed by atoms with Crippen LogP contribution in [0.1, 0.15) is 61.8 Å². The molecule has 0 fully saturated rings. The van der Waals surface area contributed by atoms with Crippen molar-refractivity contribution in [2.24, 2.45) is 0 Å². The SMILES string of the molecule is CC1=C(C)C(O[Si](C(C)C)(C(C)C)C(C)C)=[C]C1. The van der Waals surface area contributed by atoms with Crippen molar-refractivity contribution >= 4 is 8.32 Å². The van der Waals surface area contributed by atoms with Crippen LogP contribution in [0.2, 0.25) is 16.6 Å². The average molecular weight is 265 g/mol. The Bertz CT molecular complexity index is 340. The third-order valence-corrected chi connectivity index (χ3v) is 10.5. The van der Waals surface area contributed by atoms with Gasteiger partial charge in [-0.1, -0.05) is 47.1 Å². The molecule has 0 atom stereocenters. The normalized spacial score (nSPS) is 17.2. The lowest BCUT2D eigenvalue weighted by Gasteiger charge is -2.42. The molecular weight excluding hydrogens is 236 g/mol. The smallest absolute Gasteiger partial charge is 0.258 e. The molecule has 1 aliphatic rings. The van der Waals surface area contributed by atoms with Gasteiger partial charge in [0.1, 0.15) is 5.76 Å². The fraction of sp³-hybridized carbons (Fsp3) is 0.750. The molecule has 0 saturated heterocycles. The molecule has 1 nitrogen and oxygen atoms in total. The van der Waals surface area contributed by atoms with E-state index in [0.29, 0.717) is 16.6 Å². The van der Waals surface area contributed by atoms with Crippen LogP contribution in [0, 0.1) is 6.08 Å². The van der Waals surface area contributed by atoms with Crippen molar-refractivity contribution in [3.8, 4) is 0 Å². The summed E-state index contributed by atoms with van der Waals surface area (Å²) in [7, 11) is -1.80. The van der Waals surface area contributed by atoms with Crippen LogP contribution < -0.4 is 0 Å². The van der Waals surface area contributed by atoms with Crippen LogP contribution >= 0.6 is 0 Å². The molecule has 0 aromatic heterocycles. The van der Waals surface area contributed by atoms with Crippen molar-refractivity contribution in [1.29, 1.82) is 0 Å². The second-order valence-electron chi connectivity index (χ2n) is 6.51. The predicted molar refractivity (Wildman–Crippen MR) is 81.9 cm³/mol. The lowest BCUT2D eigenvalue weighted by molar-refractivity contribution is 0.379. The van der Waals surface area contributed by atoms with Gasteiger partial charge in [0.15, 0.2) is 0 Å². The Morgan fingerprint density at radius 1 is 0.944 bits per heavy atom. The van der Waals surface area contributed by atoms with Gasteiger partial charge >= 0.3 is 0 Å². The van der Waals surface area contributed by atoms with Crippen LogP contribution in [0.25, 0.3) is 0 Å². The summed E-state index contributed by atoms with van der Waals surface area (Å²) in [4.78, 5) is 0. The molecule has 18 heavy (non-hydrogen) atoms. The predicted octanol–water partition coefficient (Wildman–Crippen LogP) is 5.61. The molecule has 0 heterocycles. The van der Waals surface area contributed by atoms with Crippen molar-refractivity contribution in [1.82, 2.24) is 0 Å². The van der Waals surface area contributed by atoms with E-state index >= 15 is 0 Å². The van der Waals surface area contributed by atoms with E-state index in [4.69, 9.17) is 4.43 Å². The summed E-state index contributed by atoms with van der Waals surface area (Å²) in [6.07, 6.45) is 4.38. The van der Waals surface area contributed by atoms with Gasteiger partial charge in [-0.05, 0) is 42.5 Å². The highest BCUT2D eigenvalue weighted by Crippen LogP contribution is 2.45. The molecule has 0 unspecified atom stereocenters. The zero-order valence-corrected chi connectivity index (χ0v) is 14.3. The molecule has 103 valence electrons. The summed E-state index contributed by atoms with van der Waals surface area (Å²) in [5.41, 5.74) is 4.60. The topological polar surface area (TPSA) is 9.23 Å². The van der Waals surface area contributed by atoms with E-state index in [-0.39, 0.29) is 0 Å². The van der Waals surface area contributed by atoms with E-state index in [0.717, 1.165) is 12.2 Å². The molecule has 0 aromatic carbocycles. The molecule has 0 N–H and O–H groups in total. The monoisotopic (exact) mass is 265 g/mol. The third kappa shape index (κ3) is 2.58. The summed E-state index contributed by atoms with van der Waals surface area (Å²) in [5, 5.41) is 0. The molecule has 0 spiro atoms. The molecule has 1 radical (unpaired) electrons. The van der Waals surface area contributed by atoms with E-state index in [1.807, 2.05) is 0 Å². The van der Waals surface area contributed by atoms with Gasteiger partial charge < -0.3 is 4.43 Å². The lowest BCUT2D eigenvalue weighted by atomic mass is 10.2. The Morgan fingerprint density at radius 2 is 1.39 bits per heavy atom. The van der Waals surface area contributed by atoms with E-state index in [9.17, 15) is 0 Å². The summed E-state index contributed by atoms with van der Waals surface area (Å²) in [6.45, 7) is 18.3. The summed E-state index contributed by atoms with van der Waals surface area (Å²) in [6, 6.07) is 0. The lowest BCUT2D eigenvalue weighted by Crippen LogP contribution is -2.47. The van der Waals surface area contributed by atoms with Gasteiger partial charge in [-0.25, -0.2) is 0 Å². The van der Waals surface area contributed by atoms with Gasteiger partial charge in [0.25, 0.3) is 8.32 Å². The van der Waals surface area contributed by atoms with Crippen molar-refractivity contribution in [3.05, 3.63) is 23.0 Å². The molecule has 0 aromatic rings. The first-order valence-electron chi connectivity index (χ1n) is 7.20. The van der Waals surface area contributed by atoms with Crippen molar-refractivity contribution in [3.63, 3.8) is 0 Å². The van der Waals surface area contributed by atoms with Crippen LogP contribution in [0.3, 0.4) is 0 Å². The fourth-order valence-corrected chi connectivity index (χ4v) is 8.60. The highest BCUT2D eigenvalue weighted by Gasteiger charge is 2.47. The quantitative estimate of drug-likeness (QED) is 0.587. The second kappa shape index (κ2) is 5.64. The van der Waals surface area contributed by atoms with E-state index < -0.39 is 8.32 Å². The Hall–Kier alpha value is -0.503. The fourth-order valence-electron chi connectivity index (χ4n) is 3.31. The van der Waals surface area contributed by atoms with Gasteiger partial charge in [0.05, 0.1) is 0 Å². The van der Waals surface area contributed by atoms with E-state index in [1.54, 1.807) is 0 Å². The second-order valence-corrected chi connectivity index (χ2v) is 11.9. The Labute approximate surface area is 114 Å². The van der Waals surface area contributed by atoms with E-state index in [1.165, 1.54) is 11.1 Å². The van der Waals surface area contributed by atoms with Crippen LogP contribution in [0.4, 0.5) is 0 Å². The molecule has 2 heteroatoms. The minimum Gasteiger partial charge on any atom is -0.542 e. The molecule has 1 aliphatic carbocycles. The largest absolute Gasteiger partial charge is 0.542 e. The number of rotatable bonds is 5. The first kappa shape index (κ1) is 15.6. The van der Waals surface area contributed by atoms with Gasteiger partial charge in [-0.15, -0.1) is 0 Å². The van der Waals surface area contributed by atoms with Crippen LogP contribution in [-0.2, 0) is 4.43 Å². The first-order chi connectivity index (χ1) is 8.23. The molecular formula is C16H29OSi. The molecule has 0 amide bonds. The maximum Gasteiger partial charge on any atom is 0.258 e. The number of hydrogen-bond donors (Lipinski definition) is 0. The van der Waals surface area contributed by atoms with Gasteiger partial charge in [-0.3, -0.25) is 0 Å². The van der Waals surface area contributed by atoms with Gasteiger partial charge in [0.2, 0.25) is 0 Å². The highest BCUT2D eigenvalue weighted by molar-refractivity contribution is 6.77. The molecule has 1 rings (SSSR count). The maximum absolute atomic E-state index is 6.65. The van der Waals surface area contributed by atoms with Crippen LogP contribution in [-0.4, -0.2) is 8.32 Å². The Morgan fingerprint density at radius 3 is 1.67 bits per heavy atom. The highest BCUT2D eigenvalue weighted by atomic mass is 28.4. The average Bonchev–Trinajstić information content (AvgIpc) is 2.55. The summed E-state index contributed by atoms with van der Waals surface area (Å²) < 4.78 is 6.65. The Balaban J connectivity index is 3.08. The zero-order chi connectivity index (χ0) is 14.1. The third-order valence-electron chi connectivity index (χ3n) is 4.48. The van der Waals surface area contributed by atoms with Gasteiger partial charge in [0, 0.05) is 6.08 Å². The minimum atomic E-state index is -1.80. The maximum atomic E-state index is 6.65. The van der Waals surface area contributed by atoms with Crippen molar-refractivity contribution in [2.45, 2.75) is 78.4 Å². The number of hydrogen-bond acceptors (Lipinski definition) is 1. The van der Waals surface area contributed by atoms with Crippen molar-refractivity contribution < 1.29 is 4.43 Å². The Kier molecular flexibility index (Phi) is 4.88. The molecule has 0 bridgehead atoms. The minimum absolute atomic E-state index is 0.625. The molecule has 0 saturated carbocycles. The summed E-state index contributed by atoms with van der Waals surface area (Å²) >= 11 is 0. The number of allylic oxidation sites excluding steroid dienone is 3. The van der Waals surface area contributed by atoms with E-state index in [2.05, 4.69) is 61.5 Å². The molecule has 0 aliphatic heterocycles. The van der Waals surface area contributed by atoms with Crippen LogP contribution in [0.5, 0.6) is 0 Å². The van der Waals surface area contributed by atoms with Crippen molar-refractivity contribution in [2.75, 3.05) is 0 Å². The van der Waals surface area contributed by atoms with Gasteiger partial charge in [-0.2, -0.15) is 0 Å². The standard InChI is InChI=1S/C16H29OSi/c1-11(2)18(12(3)4,13(5)6)17-16-10-9-14(7)15(16)8/h11-13H,9H2,1-8H3. The van der Waals surface area contributed by atoms with Crippen LogP contribution in [0.15, 0.2) is 16.9 Å². The summed E-state index contributed by atoms with van der Waals surface area (Å²) in [5.74, 6) is 1.05. The zero-order valence-electron chi connectivity index (χ0n) is 13.3. The first-order valence-corrected chi connectivity index (χ1v) is 9.34.